The molecule has 5 nitrogen and oxygen atoms in total. The number of methoxy groups -OCH3 is 2. The van der Waals surface area contributed by atoms with Gasteiger partial charge in [-0.25, -0.2) is 0 Å². The summed E-state index contributed by atoms with van der Waals surface area (Å²) in [5.41, 5.74) is 5.06. The second-order valence-electron chi connectivity index (χ2n) is 8.75. The van der Waals surface area contributed by atoms with Crippen LogP contribution in [0.25, 0.3) is 0 Å². The number of ether oxygens (including phenoxy) is 2. The predicted molar refractivity (Wildman–Crippen MR) is 136 cm³/mol. The van der Waals surface area contributed by atoms with Crippen LogP contribution in [-0.4, -0.2) is 38.1 Å². The van der Waals surface area contributed by atoms with Crippen LogP contribution >= 0.6 is 11.6 Å². The lowest BCUT2D eigenvalue weighted by Crippen LogP contribution is -2.23. The van der Waals surface area contributed by atoms with Crippen LogP contribution in [0, 0.1) is 6.92 Å². The Bertz CT molecular complexity index is 1150. The minimum atomic E-state index is -0.106. The van der Waals surface area contributed by atoms with Crippen LogP contribution in [0.1, 0.15) is 45.0 Å². The van der Waals surface area contributed by atoms with E-state index in [9.17, 15) is 4.79 Å². The molecule has 1 aliphatic rings. The fourth-order valence-electron chi connectivity index (χ4n) is 4.52. The van der Waals surface area contributed by atoms with Crippen molar-refractivity contribution in [2.45, 2.75) is 32.4 Å². The first-order valence-electron chi connectivity index (χ1n) is 11.5. The Balaban J connectivity index is 1.31. The smallest absolute Gasteiger partial charge is 0.251 e. The van der Waals surface area contributed by atoms with Gasteiger partial charge in [0.05, 0.1) is 14.2 Å². The molecule has 1 heterocycles. The van der Waals surface area contributed by atoms with E-state index in [1.165, 1.54) is 11.1 Å². The van der Waals surface area contributed by atoms with E-state index in [1.54, 1.807) is 32.4 Å². The highest BCUT2D eigenvalue weighted by molar-refractivity contribution is 6.31. The third-order valence-electron chi connectivity index (χ3n) is 6.54. The lowest BCUT2D eigenvalue weighted by molar-refractivity contribution is 0.0950. The van der Waals surface area contributed by atoms with E-state index in [1.807, 2.05) is 13.0 Å². The number of halogens is 1. The maximum atomic E-state index is 12.5. The first-order chi connectivity index (χ1) is 16.5. The summed E-state index contributed by atoms with van der Waals surface area (Å²) in [5.74, 6) is 1.93. The molecule has 0 aliphatic carbocycles. The minimum absolute atomic E-state index is 0.106. The number of amides is 1. The van der Waals surface area contributed by atoms with Crippen LogP contribution < -0.4 is 14.8 Å². The molecule has 0 radical (unpaired) electrons. The Morgan fingerprint density at radius 1 is 1.03 bits per heavy atom. The Morgan fingerprint density at radius 2 is 1.76 bits per heavy atom. The molecule has 1 fully saturated rings. The number of carbonyl (C=O) groups excluding carboxylic acids is 1. The van der Waals surface area contributed by atoms with Gasteiger partial charge in [-0.3, -0.25) is 9.69 Å². The zero-order valence-electron chi connectivity index (χ0n) is 19.9. The number of carbonyl (C=O) groups is 1. The van der Waals surface area contributed by atoms with Crippen molar-refractivity contribution in [2.75, 3.05) is 27.3 Å². The predicted octanol–water partition coefficient (Wildman–Crippen LogP) is 5.59. The zero-order chi connectivity index (χ0) is 24.1. The molecule has 1 saturated heterocycles. The summed E-state index contributed by atoms with van der Waals surface area (Å²) in [6, 6.07) is 20.1. The lowest BCUT2D eigenvalue weighted by atomic mass is 9.97. The maximum absolute atomic E-state index is 12.5. The molecule has 1 N–H and O–H groups in total. The number of rotatable bonds is 8. The van der Waals surface area contributed by atoms with Gasteiger partial charge in [-0.2, -0.15) is 0 Å². The summed E-state index contributed by atoms with van der Waals surface area (Å²) in [4.78, 5) is 15.0. The minimum Gasteiger partial charge on any atom is -0.493 e. The van der Waals surface area contributed by atoms with Gasteiger partial charge in [0.2, 0.25) is 0 Å². The summed E-state index contributed by atoms with van der Waals surface area (Å²) >= 11 is 6.14. The van der Waals surface area contributed by atoms with Crippen LogP contribution in [0.5, 0.6) is 11.5 Å². The van der Waals surface area contributed by atoms with E-state index in [2.05, 4.69) is 46.6 Å². The second kappa shape index (κ2) is 10.9. The van der Waals surface area contributed by atoms with Gasteiger partial charge in [-0.15, -0.1) is 0 Å². The number of likely N-dealkylation sites (tertiary alicyclic amines) is 1. The standard InChI is InChI=1S/C28H31ClN2O3/c1-19-24(5-4-6-25(19)29)28(32)30-16-20-7-10-22(11-8-20)23-13-14-31(18-23)17-21-9-12-26(33-2)27(15-21)34-3/h4-12,15,23H,13-14,16-18H2,1-3H3,(H,30,32). The molecule has 178 valence electrons. The van der Waals surface area contributed by atoms with Crippen molar-refractivity contribution in [1.82, 2.24) is 10.2 Å². The zero-order valence-corrected chi connectivity index (χ0v) is 20.7. The Morgan fingerprint density at radius 3 is 2.50 bits per heavy atom. The molecule has 0 spiro atoms. The Hall–Kier alpha value is -3.02. The maximum Gasteiger partial charge on any atom is 0.251 e. The van der Waals surface area contributed by atoms with E-state index < -0.39 is 0 Å². The highest BCUT2D eigenvalue weighted by atomic mass is 35.5. The summed E-state index contributed by atoms with van der Waals surface area (Å²) in [6.07, 6.45) is 1.14. The molecule has 0 aromatic heterocycles. The molecule has 1 atom stereocenters. The van der Waals surface area contributed by atoms with Crippen LogP contribution in [0.3, 0.4) is 0 Å². The van der Waals surface area contributed by atoms with E-state index >= 15 is 0 Å². The quantitative estimate of drug-likeness (QED) is 0.459. The van der Waals surface area contributed by atoms with Gasteiger partial charge >= 0.3 is 0 Å². The number of nitrogens with one attached hydrogen (secondary N) is 1. The Kier molecular flexibility index (Phi) is 7.76. The van der Waals surface area contributed by atoms with Crippen molar-refractivity contribution in [2.24, 2.45) is 0 Å². The van der Waals surface area contributed by atoms with Crippen LogP contribution in [-0.2, 0) is 13.1 Å². The highest BCUT2D eigenvalue weighted by Gasteiger charge is 2.24. The monoisotopic (exact) mass is 478 g/mol. The first kappa shape index (κ1) is 24.1. The molecule has 3 aromatic carbocycles. The van der Waals surface area contributed by atoms with Gasteiger partial charge in [0.1, 0.15) is 0 Å². The van der Waals surface area contributed by atoms with E-state index in [-0.39, 0.29) is 5.91 Å². The fourth-order valence-corrected chi connectivity index (χ4v) is 4.70. The van der Waals surface area contributed by atoms with E-state index in [4.69, 9.17) is 21.1 Å². The largest absolute Gasteiger partial charge is 0.493 e. The molecular weight excluding hydrogens is 448 g/mol. The van der Waals surface area contributed by atoms with E-state index in [0.717, 1.165) is 48.7 Å². The average Bonchev–Trinajstić information content (AvgIpc) is 3.32. The summed E-state index contributed by atoms with van der Waals surface area (Å²) in [7, 11) is 3.32. The third-order valence-corrected chi connectivity index (χ3v) is 6.95. The number of nitrogens with zero attached hydrogens (tertiary/aromatic N) is 1. The molecule has 0 saturated carbocycles. The van der Waals surface area contributed by atoms with Gasteiger partial charge < -0.3 is 14.8 Å². The van der Waals surface area contributed by atoms with Gasteiger partial charge in [0, 0.05) is 30.2 Å². The first-order valence-corrected chi connectivity index (χ1v) is 11.9. The molecule has 1 aliphatic heterocycles. The van der Waals surface area contributed by atoms with Crippen LogP contribution in [0.2, 0.25) is 5.02 Å². The molecular formula is C28H31ClN2O3. The average molecular weight is 479 g/mol. The van der Waals surface area contributed by atoms with Gasteiger partial charge in [-0.05, 0) is 72.3 Å². The summed E-state index contributed by atoms with van der Waals surface area (Å²) < 4.78 is 10.8. The molecule has 6 heteroatoms. The molecule has 1 unspecified atom stereocenters. The second-order valence-corrected chi connectivity index (χ2v) is 9.15. The molecule has 3 aromatic rings. The van der Waals surface area contributed by atoms with Gasteiger partial charge in [-0.1, -0.05) is 48.0 Å². The highest BCUT2D eigenvalue weighted by Crippen LogP contribution is 2.31. The van der Waals surface area contributed by atoms with Crippen LogP contribution in [0.15, 0.2) is 60.7 Å². The van der Waals surface area contributed by atoms with Crippen molar-refractivity contribution in [3.05, 3.63) is 93.5 Å². The van der Waals surface area contributed by atoms with Gasteiger partial charge in [0.25, 0.3) is 5.91 Å². The molecule has 0 bridgehead atoms. The van der Waals surface area contributed by atoms with Crippen molar-refractivity contribution in [3.8, 4) is 11.5 Å². The topological polar surface area (TPSA) is 50.8 Å². The van der Waals surface area contributed by atoms with Gasteiger partial charge in [0.15, 0.2) is 11.5 Å². The third kappa shape index (κ3) is 5.54. The fraction of sp³-hybridized carbons (Fsp3) is 0.321. The SMILES string of the molecule is COc1ccc(CN2CCC(c3ccc(CNC(=O)c4cccc(Cl)c4C)cc3)C2)cc1OC. The summed E-state index contributed by atoms with van der Waals surface area (Å²) in [6.45, 7) is 5.33. The van der Waals surface area contributed by atoms with Crippen molar-refractivity contribution >= 4 is 17.5 Å². The normalized spacial score (nSPS) is 15.8. The van der Waals surface area contributed by atoms with Crippen molar-refractivity contribution in [1.29, 1.82) is 0 Å². The molecule has 1 amide bonds. The number of hydrogen-bond acceptors (Lipinski definition) is 4. The number of benzene rings is 3. The van der Waals surface area contributed by atoms with E-state index in [0.29, 0.717) is 23.0 Å². The Labute approximate surface area is 206 Å². The molecule has 34 heavy (non-hydrogen) atoms. The van der Waals surface area contributed by atoms with Crippen molar-refractivity contribution < 1.29 is 14.3 Å². The summed E-state index contributed by atoms with van der Waals surface area (Å²) in [5, 5.41) is 3.60. The molecule has 4 rings (SSSR count). The lowest BCUT2D eigenvalue weighted by Gasteiger charge is -2.18. The van der Waals surface area contributed by atoms with Crippen LogP contribution in [0.4, 0.5) is 0 Å². The number of hydrogen-bond donors (Lipinski definition) is 1. The van der Waals surface area contributed by atoms with Crippen molar-refractivity contribution in [3.63, 3.8) is 0 Å².